The number of nitrogen functional groups attached to an aromatic ring is 1. The Morgan fingerprint density at radius 1 is 1.50 bits per heavy atom. The van der Waals surface area contributed by atoms with Gasteiger partial charge in [-0.25, -0.2) is 4.79 Å². The maximum Gasteiger partial charge on any atom is 0.336 e. The van der Waals surface area contributed by atoms with Crippen LogP contribution in [0.15, 0.2) is 18.2 Å². The fourth-order valence-electron chi connectivity index (χ4n) is 1.97. The fourth-order valence-corrected chi connectivity index (χ4v) is 1.97. The summed E-state index contributed by atoms with van der Waals surface area (Å²) < 4.78 is 9.85. The van der Waals surface area contributed by atoms with Crippen molar-refractivity contribution < 1.29 is 24.2 Å². The second-order valence-electron chi connectivity index (χ2n) is 4.41. The molecule has 0 spiro atoms. The molecule has 1 aliphatic rings. The molecule has 1 saturated heterocycles. The number of anilines is 1. The van der Waals surface area contributed by atoms with Crippen molar-refractivity contribution in [1.29, 1.82) is 0 Å². The SMILES string of the molecule is COC(=O)C1CN(C(=O)c2ccc(N)c(O)c2)CCO1. The molecule has 1 aromatic carbocycles. The highest BCUT2D eigenvalue weighted by Gasteiger charge is 2.30. The molecule has 2 rings (SSSR count). The molecule has 0 saturated carbocycles. The van der Waals surface area contributed by atoms with Crippen molar-refractivity contribution in [3.05, 3.63) is 23.8 Å². The number of phenolic OH excluding ortho intramolecular Hbond substituents is 1. The Balaban J connectivity index is 2.12. The van der Waals surface area contributed by atoms with Crippen molar-refractivity contribution in [2.24, 2.45) is 0 Å². The zero-order chi connectivity index (χ0) is 14.7. The minimum absolute atomic E-state index is 0.122. The molecule has 1 amide bonds. The number of aromatic hydroxyl groups is 1. The van der Waals surface area contributed by atoms with Crippen LogP contribution >= 0.6 is 0 Å². The Kier molecular flexibility index (Phi) is 4.09. The predicted molar refractivity (Wildman–Crippen MR) is 70.2 cm³/mol. The first-order chi connectivity index (χ1) is 9.52. The molecule has 1 fully saturated rings. The number of benzene rings is 1. The summed E-state index contributed by atoms with van der Waals surface area (Å²) in [4.78, 5) is 25.2. The van der Waals surface area contributed by atoms with Crippen LogP contribution in [-0.4, -0.2) is 54.8 Å². The van der Waals surface area contributed by atoms with E-state index in [1.807, 2.05) is 0 Å². The van der Waals surface area contributed by atoms with Crippen LogP contribution in [0.25, 0.3) is 0 Å². The van der Waals surface area contributed by atoms with Gasteiger partial charge in [-0.3, -0.25) is 4.79 Å². The monoisotopic (exact) mass is 280 g/mol. The quantitative estimate of drug-likeness (QED) is 0.449. The van der Waals surface area contributed by atoms with E-state index in [0.717, 1.165) is 0 Å². The lowest BCUT2D eigenvalue weighted by Crippen LogP contribution is -2.48. The number of hydrogen-bond acceptors (Lipinski definition) is 6. The maximum absolute atomic E-state index is 12.3. The predicted octanol–water partition coefficient (Wildman–Crippen LogP) is -0.0116. The first kappa shape index (κ1) is 14.1. The summed E-state index contributed by atoms with van der Waals surface area (Å²) in [5.41, 5.74) is 6.00. The highest BCUT2D eigenvalue weighted by atomic mass is 16.6. The van der Waals surface area contributed by atoms with E-state index in [9.17, 15) is 14.7 Å². The summed E-state index contributed by atoms with van der Waals surface area (Å²) >= 11 is 0. The van der Waals surface area contributed by atoms with E-state index in [1.165, 1.54) is 30.2 Å². The summed E-state index contributed by atoms with van der Waals surface area (Å²) in [5.74, 6) is -0.950. The van der Waals surface area contributed by atoms with E-state index in [4.69, 9.17) is 10.5 Å². The van der Waals surface area contributed by atoms with Crippen LogP contribution in [0.2, 0.25) is 0 Å². The number of ether oxygens (including phenoxy) is 2. The van der Waals surface area contributed by atoms with Gasteiger partial charge in [0.2, 0.25) is 0 Å². The molecule has 1 heterocycles. The molecule has 1 atom stereocenters. The number of nitrogens with two attached hydrogens (primary N) is 1. The standard InChI is InChI=1S/C13H16N2O5/c1-19-13(18)11-7-15(4-5-20-11)12(17)8-2-3-9(14)10(16)6-8/h2-3,6,11,16H,4-5,7,14H2,1H3. The van der Waals surface area contributed by atoms with Crippen molar-refractivity contribution >= 4 is 17.6 Å². The van der Waals surface area contributed by atoms with Gasteiger partial charge in [0.1, 0.15) is 5.75 Å². The lowest BCUT2D eigenvalue weighted by Gasteiger charge is -2.31. The van der Waals surface area contributed by atoms with E-state index in [0.29, 0.717) is 12.1 Å². The van der Waals surface area contributed by atoms with Crippen molar-refractivity contribution in [2.75, 3.05) is 32.5 Å². The lowest BCUT2D eigenvalue weighted by atomic mass is 10.1. The molecule has 108 valence electrons. The van der Waals surface area contributed by atoms with E-state index >= 15 is 0 Å². The Labute approximate surface area is 115 Å². The molecule has 0 aliphatic carbocycles. The number of phenols is 1. The molecule has 1 aromatic rings. The minimum Gasteiger partial charge on any atom is -0.506 e. The van der Waals surface area contributed by atoms with Gasteiger partial charge in [0, 0.05) is 12.1 Å². The molecule has 1 aliphatic heterocycles. The third kappa shape index (κ3) is 2.83. The topological polar surface area (TPSA) is 102 Å². The van der Waals surface area contributed by atoms with Crippen molar-refractivity contribution in [3.8, 4) is 5.75 Å². The van der Waals surface area contributed by atoms with Crippen molar-refractivity contribution in [2.45, 2.75) is 6.10 Å². The second kappa shape index (κ2) is 5.79. The average Bonchev–Trinajstić information content (AvgIpc) is 2.48. The second-order valence-corrected chi connectivity index (χ2v) is 4.41. The van der Waals surface area contributed by atoms with E-state index in [-0.39, 0.29) is 30.5 Å². The van der Waals surface area contributed by atoms with Crippen molar-refractivity contribution in [1.82, 2.24) is 4.90 Å². The third-order valence-electron chi connectivity index (χ3n) is 3.10. The summed E-state index contributed by atoms with van der Waals surface area (Å²) in [6.07, 6.45) is -0.778. The van der Waals surface area contributed by atoms with E-state index in [2.05, 4.69) is 4.74 Å². The molecule has 20 heavy (non-hydrogen) atoms. The number of rotatable bonds is 2. The number of esters is 1. The van der Waals surface area contributed by atoms with E-state index < -0.39 is 12.1 Å². The zero-order valence-corrected chi connectivity index (χ0v) is 11.0. The maximum atomic E-state index is 12.3. The molecule has 0 bridgehead atoms. The average molecular weight is 280 g/mol. The Hall–Kier alpha value is -2.28. The molecule has 3 N–H and O–H groups in total. The number of nitrogens with zero attached hydrogens (tertiary/aromatic N) is 1. The Bertz CT molecular complexity index is 531. The third-order valence-corrected chi connectivity index (χ3v) is 3.10. The zero-order valence-electron chi connectivity index (χ0n) is 11.0. The van der Waals surface area contributed by atoms with Crippen LogP contribution in [0.3, 0.4) is 0 Å². The molecule has 1 unspecified atom stereocenters. The van der Waals surface area contributed by atoms with Crippen LogP contribution in [0.4, 0.5) is 5.69 Å². The van der Waals surface area contributed by atoms with Gasteiger partial charge in [0.25, 0.3) is 5.91 Å². The molecular weight excluding hydrogens is 264 g/mol. The van der Waals surface area contributed by atoms with Crippen LogP contribution < -0.4 is 5.73 Å². The lowest BCUT2D eigenvalue weighted by molar-refractivity contribution is -0.158. The first-order valence-electron chi connectivity index (χ1n) is 6.10. The molecule has 7 heteroatoms. The van der Waals surface area contributed by atoms with Crippen LogP contribution in [0.1, 0.15) is 10.4 Å². The van der Waals surface area contributed by atoms with Gasteiger partial charge >= 0.3 is 5.97 Å². The van der Waals surface area contributed by atoms with Gasteiger partial charge in [0.05, 0.1) is 25.9 Å². The van der Waals surface area contributed by atoms with Gasteiger partial charge in [-0.1, -0.05) is 0 Å². The van der Waals surface area contributed by atoms with Crippen LogP contribution in [0.5, 0.6) is 5.75 Å². The Morgan fingerprint density at radius 3 is 2.90 bits per heavy atom. The highest BCUT2D eigenvalue weighted by molar-refractivity contribution is 5.95. The van der Waals surface area contributed by atoms with Crippen LogP contribution in [0, 0.1) is 0 Å². The molecular formula is C13H16N2O5. The van der Waals surface area contributed by atoms with Gasteiger partial charge < -0.3 is 25.2 Å². The van der Waals surface area contributed by atoms with Gasteiger partial charge in [-0.2, -0.15) is 0 Å². The fraction of sp³-hybridized carbons (Fsp3) is 0.385. The van der Waals surface area contributed by atoms with Crippen LogP contribution in [-0.2, 0) is 14.3 Å². The number of carbonyl (C=O) groups excluding carboxylic acids is 2. The van der Waals surface area contributed by atoms with Gasteiger partial charge in [-0.15, -0.1) is 0 Å². The molecule has 0 aromatic heterocycles. The van der Waals surface area contributed by atoms with Gasteiger partial charge in [-0.05, 0) is 18.2 Å². The number of amides is 1. The summed E-state index contributed by atoms with van der Waals surface area (Å²) in [6.45, 7) is 0.751. The molecule has 0 radical (unpaired) electrons. The number of hydrogen-bond donors (Lipinski definition) is 2. The van der Waals surface area contributed by atoms with Gasteiger partial charge in [0.15, 0.2) is 6.10 Å². The summed E-state index contributed by atoms with van der Waals surface area (Å²) in [5, 5.41) is 9.53. The molecule has 7 nitrogen and oxygen atoms in total. The number of morpholine rings is 1. The number of methoxy groups -OCH3 is 1. The minimum atomic E-state index is -0.778. The van der Waals surface area contributed by atoms with Crippen molar-refractivity contribution in [3.63, 3.8) is 0 Å². The smallest absolute Gasteiger partial charge is 0.336 e. The number of carbonyl (C=O) groups is 2. The Morgan fingerprint density at radius 2 is 2.25 bits per heavy atom. The first-order valence-corrected chi connectivity index (χ1v) is 6.10. The summed E-state index contributed by atoms with van der Waals surface area (Å²) in [7, 11) is 1.27. The normalized spacial score (nSPS) is 18.6. The largest absolute Gasteiger partial charge is 0.506 e. The summed E-state index contributed by atoms with van der Waals surface area (Å²) in [6, 6.07) is 4.29. The highest BCUT2D eigenvalue weighted by Crippen LogP contribution is 2.22. The van der Waals surface area contributed by atoms with E-state index in [1.54, 1.807) is 0 Å².